The molecule has 3 saturated heterocycles. The first-order valence-electron chi connectivity index (χ1n) is 6.91. The van der Waals surface area contributed by atoms with Crippen LogP contribution in [0.5, 0.6) is 0 Å². The molecule has 6 heteroatoms. The zero-order valence-electron chi connectivity index (χ0n) is 11.4. The Labute approximate surface area is 111 Å². The third-order valence-corrected chi connectivity index (χ3v) is 5.49. The Morgan fingerprint density at radius 2 is 1.53 bits per heavy atom. The molecule has 1 saturated carbocycles. The highest BCUT2D eigenvalue weighted by molar-refractivity contribution is 5.11. The van der Waals surface area contributed by atoms with E-state index in [4.69, 9.17) is 24.2 Å². The molecule has 3 heterocycles. The van der Waals surface area contributed by atoms with Crippen molar-refractivity contribution in [3.8, 4) is 0 Å². The lowest BCUT2D eigenvalue weighted by Crippen LogP contribution is -2.41. The SMILES string of the molecule is CO[C@@H]1OC2(C)OC3(C)O[C@@H](OO)C4CCC1C2C43. The average molecular weight is 272 g/mol. The Balaban J connectivity index is 1.75. The number of hydrogen-bond donors (Lipinski definition) is 1. The summed E-state index contributed by atoms with van der Waals surface area (Å²) in [4.78, 5) is 4.50. The van der Waals surface area contributed by atoms with E-state index in [9.17, 15) is 0 Å². The quantitative estimate of drug-likeness (QED) is 0.608. The number of hydrogen-bond acceptors (Lipinski definition) is 6. The van der Waals surface area contributed by atoms with Gasteiger partial charge < -0.3 is 18.9 Å². The Hall–Kier alpha value is -0.240. The molecule has 19 heavy (non-hydrogen) atoms. The summed E-state index contributed by atoms with van der Waals surface area (Å²) in [7, 11) is 1.67. The largest absolute Gasteiger partial charge is 0.355 e. The molecule has 1 N–H and O–H groups in total. The minimum absolute atomic E-state index is 0.150. The predicted octanol–water partition coefficient (Wildman–Crippen LogP) is 1.56. The van der Waals surface area contributed by atoms with Gasteiger partial charge in [-0.1, -0.05) is 0 Å². The minimum atomic E-state index is -0.741. The third-order valence-electron chi connectivity index (χ3n) is 5.49. The van der Waals surface area contributed by atoms with Gasteiger partial charge in [-0.25, -0.2) is 10.1 Å². The average Bonchev–Trinajstić information content (AvgIpc) is 2.90. The van der Waals surface area contributed by atoms with Crippen LogP contribution in [0.25, 0.3) is 0 Å². The van der Waals surface area contributed by atoms with Gasteiger partial charge in [0.1, 0.15) is 0 Å². The van der Waals surface area contributed by atoms with E-state index in [0.29, 0.717) is 5.92 Å². The zero-order chi connectivity index (χ0) is 13.4. The Bertz CT molecular complexity index is 367. The Morgan fingerprint density at radius 1 is 1.00 bits per heavy atom. The molecule has 0 radical (unpaired) electrons. The Morgan fingerprint density at radius 3 is 2.05 bits per heavy atom. The van der Waals surface area contributed by atoms with Gasteiger partial charge in [0.25, 0.3) is 0 Å². The lowest BCUT2D eigenvalue weighted by Gasteiger charge is -2.36. The molecule has 1 aliphatic carbocycles. The fourth-order valence-electron chi connectivity index (χ4n) is 5.02. The maximum Gasteiger partial charge on any atom is 0.197 e. The first-order chi connectivity index (χ1) is 9.02. The molecule has 0 aromatic rings. The lowest BCUT2D eigenvalue weighted by molar-refractivity contribution is -0.397. The van der Waals surface area contributed by atoms with Crippen LogP contribution >= 0.6 is 0 Å². The molecule has 0 aromatic carbocycles. The molecule has 0 amide bonds. The first kappa shape index (κ1) is 12.5. The topological polar surface area (TPSA) is 66.4 Å². The summed E-state index contributed by atoms with van der Waals surface area (Å²) in [5.41, 5.74) is 0. The van der Waals surface area contributed by atoms with Crippen molar-refractivity contribution in [1.29, 1.82) is 0 Å². The van der Waals surface area contributed by atoms with Gasteiger partial charge in [0, 0.05) is 30.8 Å². The maximum atomic E-state index is 9.02. The predicted molar refractivity (Wildman–Crippen MR) is 61.6 cm³/mol. The molecule has 108 valence electrons. The maximum absolute atomic E-state index is 9.02. The van der Waals surface area contributed by atoms with Crippen LogP contribution < -0.4 is 0 Å². The van der Waals surface area contributed by atoms with Crippen LogP contribution in [0.2, 0.25) is 0 Å². The van der Waals surface area contributed by atoms with Crippen LogP contribution in [0.3, 0.4) is 0 Å². The van der Waals surface area contributed by atoms with Crippen LogP contribution in [-0.4, -0.2) is 36.5 Å². The molecular weight excluding hydrogens is 252 g/mol. The summed E-state index contributed by atoms with van der Waals surface area (Å²) < 4.78 is 23.4. The summed E-state index contributed by atoms with van der Waals surface area (Å²) in [5, 5.41) is 9.02. The van der Waals surface area contributed by atoms with Gasteiger partial charge in [0.2, 0.25) is 0 Å². The second kappa shape index (κ2) is 3.69. The number of ether oxygens (including phenoxy) is 4. The number of rotatable bonds is 2. The molecule has 0 bridgehead atoms. The molecule has 6 unspecified atom stereocenters. The van der Waals surface area contributed by atoms with Gasteiger partial charge in [-0.3, -0.25) is 0 Å². The highest BCUT2D eigenvalue weighted by Crippen LogP contribution is 2.66. The van der Waals surface area contributed by atoms with E-state index in [0.717, 1.165) is 12.8 Å². The van der Waals surface area contributed by atoms with Crippen molar-refractivity contribution in [2.24, 2.45) is 23.7 Å². The summed E-state index contributed by atoms with van der Waals surface area (Å²) in [6.45, 7) is 3.88. The second-order valence-electron chi connectivity index (χ2n) is 6.40. The van der Waals surface area contributed by atoms with E-state index >= 15 is 0 Å². The monoisotopic (exact) mass is 272 g/mol. The molecule has 0 spiro atoms. The van der Waals surface area contributed by atoms with Crippen LogP contribution in [0.15, 0.2) is 0 Å². The minimum Gasteiger partial charge on any atom is -0.355 e. The van der Waals surface area contributed by atoms with Crippen molar-refractivity contribution >= 4 is 0 Å². The molecule has 4 aliphatic rings. The molecule has 4 fully saturated rings. The summed E-state index contributed by atoms with van der Waals surface area (Å²) in [6.07, 6.45) is 1.09. The standard InChI is InChI=1S/C13H20O6/c1-12-8-6(10(15-3)16-12)4-5-7-9(8)13(2,19-12)17-11(7)18-14/h6-11,14H,4-5H2,1-3H3/t6?,7?,8?,9?,10-,11+,12?,13?/m1/s1. The second-order valence-corrected chi connectivity index (χ2v) is 6.40. The van der Waals surface area contributed by atoms with Crippen molar-refractivity contribution in [3.05, 3.63) is 0 Å². The van der Waals surface area contributed by atoms with E-state index in [2.05, 4.69) is 4.89 Å². The van der Waals surface area contributed by atoms with Crippen molar-refractivity contribution in [3.63, 3.8) is 0 Å². The van der Waals surface area contributed by atoms with E-state index < -0.39 is 17.9 Å². The van der Waals surface area contributed by atoms with Crippen LogP contribution in [0.1, 0.15) is 26.7 Å². The van der Waals surface area contributed by atoms with E-state index in [1.54, 1.807) is 7.11 Å². The fraction of sp³-hybridized carbons (Fsp3) is 1.00. The molecule has 3 aliphatic heterocycles. The van der Waals surface area contributed by atoms with Gasteiger partial charge in [0.05, 0.1) is 0 Å². The third kappa shape index (κ3) is 1.37. The highest BCUT2D eigenvalue weighted by atomic mass is 17.1. The van der Waals surface area contributed by atoms with Crippen molar-refractivity contribution in [1.82, 2.24) is 0 Å². The van der Waals surface area contributed by atoms with Crippen LogP contribution in [0, 0.1) is 23.7 Å². The van der Waals surface area contributed by atoms with Gasteiger partial charge in [0.15, 0.2) is 24.2 Å². The molecule has 8 atom stereocenters. The van der Waals surface area contributed by atoms with E-state index in [1.165, 1.54) is 0 Å². The van der Waals surface area contributed by atoms with Crippen LogP contribution in [-0.2, 0) is 23.8 Å². The first-order valence-corrected chi connectivity index (χ1v) is 6.91. The van der Waals surface area contributed by atoms with Gasteiger partial charge in [-0.05, 0) is 26.7 Å². The molecular formula is C13H20O6. The van der Waals surface area contributed by atoms with Crippen molar-refractivity contribution < 1.29 is 29.1 Å². The lowest BCUT2D eigenvalue weighted by atomic mass is 9.65. The summed E-state index contributed by atoms with van der Waals surface area (Å²) in [5.74, 6) is -0.537. The zero-order valence-corrected chi connectivity index (χ0v) is 11.4. The normalized spacial score (nSPS) is 62.5. The molecule has 0 aromatic heterocycles. The highest BCUT2D eigenvalue weighted by Gasteiger charge is 2.75. The number of methoxy groups -OCH3 is 1. The molecule has 4 rings (SSSR count). The van der Waals surface area contributed by atoms with Gasteiger partial charge in [-0.2, -0.15) is 0 Å². The van der Waals surface area contributed by atoms with Crippen LogP contribution in [0.4, 0.5) is 0 Å². The summed E-state index contributed by atoms with van der Waals surface area (Å²) in [6, 6.07) is 0. The van der Waals surface area contributed by atoms with Gasteiger partial charge in [-0.15, -0.1) is 0 Å². The van der Waals surface area contributed by atoms with E-state index in [-0.39, 0.29) is 24.0 Å². The van der Waals surface area contributed by atoms with E-state index in [1.807, 2.05) is 13.8 Å². The fourth-order valence-corrected chi connectivity index (χ4v) is 5.02. The molecule has 6 nitrogen and oxygen atoms in total. The van der Waals surface area contributed by atoms with Gasteiger partial charge >= 0.3 is 0 Å². The Kier molecular flexibility index (Phi) is 2.43. The summed E-state index contributed by atoms with van der Waals surface area (Å²) >= 11 is 0. The van der Waals surface area contributed by atoms with Crippen molar-refractivity contribution in [2.45, 2.75) is 50.8 Å². The smallest absolute Gasteiger partial charge is 0.197 e. The van der Waals surface area contributed by atoms with Crippen molar-refractivity contribution in [2.75, 3.05) is 7.11 Å².